The van der Waals surface area contributed by atoms with Gasteiger partial charge in [0.1, 0.15) is 0 Å². The maximum atomic E-state index is 12.1. The van der Waals surface area contributed by atoms with E-state index >= 15 is 0 Å². The molecule has 0 saturated heterocycles. The Bertz CT molecular complexity index is 920. The van der Waals surface area contributed by atoms with Gasteiger partial charge in [0.25, 0.3) is 0 Å². The molecule has 0 fully saturated rings. The molecule has 6 nitrogen and oxygen atoms in total. The molecule has 0 aliphatic rings. The van der Waals surface area contributed by atoms with Crippen LogP contribution in [0.3, 0.4) is 0 Å². The Morgan fingerprint density at radius 2 is 1.69 bits per heavy atom. The van der Waals surface area contributed by atoms with Gasteiger partial charge in [0.05, 0.1) is 10.6 Å². The van der Waals surface area contributed by atoms with Crippen LogP contribution in [0, 0.1) is 6.92 Å². The summed E-state index contributed by atoms with van der Waals surface area (Å²) in [5.41, 5.74) is 6.28. The molecule has 8 heteroatoms. The van der Waals surface area contributed by atoms with Gasteiger partial charge in [-0.15, -0.1) is 0 Å². The second-order valence-corrected chi connectivity index (χ2v) is 8.45. The summed E-state index contributed by atoms with van der Waals surface area (Å²) in [7, 11) is -0.432. The SMILES string of the molecule is C/C(=N/NC(=S)Nc1ccccc1C)c1ccc(S(=O)(=O)N(C)C)cc1. The number of sulfonamides is 1. The fourth-order valence-corrected chi connectivity index (χ4v) is 3.20. The van der Waals surface area contributed by atoms with Crippen LogP contribution in [0.2, 0.25) is 0 Å². The zero-order valence-corrected chi connectivity index (χ0v) is 16.8. The molecule has 0 radical (unpaired) electrons. The summed E-state index contributed by atoms with van der Waals surface area (Å²) in [5.74, 6) is 0. The fourth-order valence-electron chi connectivity index (χ4n) is 2.14. The van der Waals surface area contributed by atoms with Gasteiger partial charge in [-0.2, -0.15) is 5.10 Å². The van der Waals surface area contributed by atoms with Crippen LogP contribution in [-0.4, -0.2) is 37.6 Å². The second kappa shape index (κ2) is 8.39. The van der Waals surface area contributed by atoms with Gasteiger partial charge in [0.15, 0.2) is 5.11 Å². The highest BCUT2D eigenvalue weighted by Crippen LogP contribution is 2.15. The van der Waals surface area contributed by atoms with Crippen LogP contribution < -0.4 is 10.7 Å². The second-order valence-electron chi connectivity index (χ2n) is 5.89. The largest absolute Gasteiger partial charge is 0.331 e. The van der Waals surface area contributed by atoms with Gasteiger partial charge >= 0.3 is 0 Å². The van der Waals surface area contributed by atoms with E-state index in [9.17, 15) is 8.42 Å². The Hall–Kier alpha value is -2.29. The molecule has 2 N–H and O–H groups in total. The zero-order valence-electron chi connectivity index (χ0n) is 15.1. The van der Waals surface area contributed by atoms with Crippen molar-refractivity contribution in [2.24, 2.45) is 5.10 Å². The highest BCUT2D eigenvalue weighted by Gasteiger charge is 2.16. The molecule has 0 spiro atoms. The summed E-state index contributed by atoms with van der Waals surface area (Å²) in [5, 5.41) is 7.72. The van der Waals surface area contributed by atoms with Gasteiger partial charge in [-0.25, -0.2) is 12.7 Å². The fraction of sp³-hybridized carbons (Fsp3) is 0.222. The minimum Gasteiger partial charge on any atom is -0.331 e. The van der Waals surface area contributed by atoms with Gasteiger partial charge in [0, 0.05) is 19.8 Å². The normalized spacial score (nSPS) is 12.1. The lowest BCUT2D eigenvalue weighted by Gasteiger charge is -2.12. The van der Waals surface area contributed by atoms with Crippen molar-refractivity contribution in [1.82, 2.24) is 9.73 Å². The number of rotatable bonds is 5. The van der Waals surface area contributed by atoms with Gasteiger partial charge in [0.2, 0.25) is 10.0 Å². The quantitative estimate of drug-likeness (QED) is 0.466. The van der Waals surface area contributed by atoms with Gasteiger partial charge in [-0.05, 0) is 55.4 Å². The monoisotopic (exact) mass is 390 g/mol. The first-order chi connectivity index (χ1) is 12.2. The lowest BCUT2D eigenvalue weighted by Crippen LogP contribution is -2.25. The Kier molecular flexibility index (Phi) is 6.47. The van der Waals surface area contributed by atoms with Crippen molar-refractivity contribution >= 4 is 38.8 Å². The summed E-state index contributed by atoms with van der Waals surface area (Å²) in [4.78, 5) is 0.240. The number of nitrogens with one attached hydrogen (secondary N) is 2. The molecule has 138 valence electrons. The van der Waals surface area contributed by atoms with E-state index in [1.165, 1.54) is 18.4 Å². The third-order valence-electron chi connectivity index (χ3n) is 3.77. The Labute approximate surface area is 160 Å². The molecule has 2 rings (SSSR count). The van der Waals surface area contributed by atoms with E-state index in [4.69, 9.17) is 12.2 Å². The average Bonchev–Trinajstić information content (AvgIpc) is 2.61. The van der Waals surface area contributed by atoms with Crippen LogP contribution in [-0.2, 0) is 10.0 Å². The number of hydrazone groups is 1. The third kappa shape index (κ3) is 4.87. The molecule has 2 aromatic carbocycles. The van der Waals surface area contributed by atoms with Crippen molar-refractivity contribution < 1.29 is 8.42 Å². The maximum absolute atomic E-state index is 12.1. The van der Waals surface area contributed by atoms with Crippen LogP contribution >= 0.6 is 12.2 Å². The topological polar surface area (TPSA) is 73.8 Å². The smallest absolute Gasteiger partial charge is 0.242 e. The van der Waals surface area contributed by atoms with Crippen molar-refractivity contribution in [2.45, 2.75) is 18.7 Å². The molecule has 2 aromatic rings. The van der Waals surface area contributed by atoms with E-state index < -0.39 is 10.0 Å². The molecule has 0 aromatic heterocycles. The van der Waals surface area contributed by atoms with Crippen molar-refractivity contribution in [3.63, 3.8) is 0 Å². The van der Waals surface area contributed by atoms with E-state index in [-0.39, 0.29) is 4.90 Å². The van der Waals surface area contributed by atoms with E-state index in [1.807, 2.05) is 38.1 Å². The summed E-state index contributed by atoms with van der Waals surface area (Å²) in [6, 6.07) is 14.4. The molecular weight excluding hydrogens is 368 g/mol. The van der Waals surface area contributed by atoms with Gasteiger partial charge in [-0.1, -0.05) is 30.3 Å². The number of nitrogens with zero attached hydrogens (tertiary/aromatic N) is 2. The van der Waals surface area contributed by atoms with Crippen LogP contribution in [0.15, 0.2) is 58.5 Å². The Morgan fingerprint density at radius 1 is 1.08 bits per heavy atom. The number of benzene rings is 2. The van der Waals surface area contributed by atoms with Crippen molar-refractivity contribution in [3.8, 4) is 0 Å². The zero-order chi connectivity index (χ0) is 19.3. The molecule has 0 aliphatic carbocycles. The van der Waals surface area contributed by atoms with Crippen LogP contribution in [0.1, 0.15) is 18.1 Å². The third-order valence-corrected chi connectivity index (χ3v) is 5.79. The highest BCUT2D eigenvalue weighted by atomic mass is 32.2. The maximum Gasteiger partial charge on any atom is 0.242 e. The summed E-state index contributed by atoms with van der Waals surface area (Å²) in [6.07, 6.45) is 0. The van der Waals surface area contributed by atoms with E-state index in [0.29, 0.717) is 10.8 Å². The molecular formula is C18H22N4O2S2. The molecule has 0 amide bonds. The molecule has 0 aliphatic heterocycles. The lowest BCUT2D eigenvalue weighted by molar-refractivity contribution is 0.521. The molecule has 26 heavy (non-hydrogen) atoms. The number of hydrogen-bond donors (Lipinski definition) is 2. The minimum atomic E-state index is -3.44. The molecule has 0 heterocycles. The van der Waals surface area contributed by atoms with Crippen LogP contribution in [0.5, 0.6) is 0 Å². The van der Waals surface area contributed by atoms with Crippen molar-refractivity contribution in [1.29, 1.82) is 0 Å². The number of hydrogen-bond acceptors (Lipinski definition) is 4. The standard InChI is InChI=1S/C18H22N4O2S2/c1-13-7-5-6-8-17(13)19-18(25)21-20-14(2)15-9-11-16(12-10-15)26(23,24)22(3)4/h5-12H,1-4H3,(H2,19,21,25)/b20-14-. The first kappa shape index (κ1) is 20.0. The van der Waals surface area contributed by atoms with Gasteiger partial charge in [-0.3, -0.25) is 5.43 Å². The molecule has 0 bridgehead atoms. The average molecular weight is 391 g/mol. The first-order valence-electron chi connectivity index (χ1n) is 7.91. The number of anilines is 1. The van der Waals surface area contributed by atoms with E-state index in [1.54, 1.807) is 24.3 Å². The lowest BCUT2D eigenvalue weighted by atomic mass is 10.1. The number of aryl methyl sites for hydroxylation is 1. The molecule has 0 atom stereocenters. The Morgan fingerprint density at radius 3 is 2.27 bits per heavy atom. The van der Waals surface area contributed by atoms with Crippen LogP contribution in [0.25, 0.3) is 0 Å². The van der Waals surface area contributed by atoms with Crippen LogP contribution in [0.4, 0.5) is 5.69 Å². The highest BCUT2D eigenvalue weighted by molar-refractivity contribution is 7.89. The summed E-state index contributed by atoms with van der Waals surface area (Å²) < 4.78 is 25.4. The number of para-hydroxylation sites is 1. The van der Waals surface area contributed by atoms with E-state index in [0.717, 1.165) is 16.8 Å². The predicted octanol–water partition coefficient (Wildman–Crippen LogP) is 2.96. The first-order valence-corrected chi connectivity index (χ1v) is 9.76. The summed E-state index contributed by atoms with van der Waals surface area (Å²) in [6.45, 7) is 3.81. The van der Waals surface area contributed by atoms with Gasteiger partial charge < -0.3 is 5.32 Å². The molecule has 0 saturated carbocycles. The minimum absolute atomic E-state index is 0.240. The summed E-state index contributed by atoms with van der Waals surface area (Å²) >= 11 is 5.25. The van der Waals surface area contributed by atoms with Crippen molar-refractivity contribution in [3.05, 3.63) is 59.7 Å². The van der Waals surface area contributed by atoms with E-state index in [2.05, 4.69) is 15.8 Å². The van der Waals surface area contributed by atoms with Crippen molar-refractivity contribution in [2.75, 3.05) is 19.4 Å². The predicted molar refractivity (Wildman–Crippen MR) is 110 cm³/mol. The Balaban J connectivity index is 2.05. The number of thiocarbonyl (C=S) groups is 1. The molecule has 0 unspecified atom stereocenters.